The van der Waals surface area contributed by atoms with E-state index in [4.69, 9.17) is 19.6 Å². The molecule has 162 valence electrons. The summed E-state index contributed by atoms with van der Waals surface area (Å²) in [4.78, 5) is 6.11. The van der Waals surface area contributed by atoms with E-state index in [9.17, 15) is 0 Å². The summed E-state index contributed by atoms with van der Waals surface area (Å²) in [7, 11) is 3.31. The summed E-state index contributed by atoms with van der Waals surface area (Å²) in [5, 5.41) is 12.1. The fraction of sp³-hybridized carbons (Fsp3) is 0.167. The number of hydrogen-bond acceptors (Lipinski definition) is 7. The van der Waals surface area contributed by atoms with Gasteiger partial charge >= 0.3 is 0 Å². The molecule has 3 heterocycles. The van der Waals surface area contributed by atoms with E-state index in [2.05, 4.69) is 57.0 Å². The van der Waals surface area contributed by atoms with Crippen LogP contribution in [0.5, 0.6) is 11.5 Å². The third-order valence-corrected chi connectivity index (χ3v) is 7.61. The van der Waals surface area contributed by atoms with Crippen LogP contribution in [0.4, 0.5) is 5.13 Å². The number of thiazole rings is 1. The minimum Gasteiger partial charge on any atom is -0.493 e. The van der Waals surface area contributed by atoms with Gasteiger partial charge in [0.05, 0.1) is 36.5 Å². The standard InChI is InChI=1S/C24H20BrN3O2S2/c1-29-21-10-7-16(12-22(21)30-2)20-13-18(23-4-3-11-31-23)27-28(20)24-26-19(14-32-24)15-5-8-17(25)9-6-15/h3-12,14,20H,13H2,1-2H3. The van der Waals surface area contributed by atoms with Crippen LogP contribution in [0, 0.1) is 0 Å². The van der Waals surface area contributed by atoms with Crippen molar-refractivity contribution in [2.75, 3.05) is 19.2 Å². The highest BCUT2D eigenvalue weighted by Gasteiger charge is 2.32. The number of methoxy groups -OCH3 is 2. The minimum absolute atomic E-state index is 0.0239. The van der Waals surface area contributed by atoms with Crippen LogP contribution in [0.2, 0.25) is 0 Å². The Morgan fingerprint density at radius 3 is 2.53 bits per heavy atom. The lowest BCUT2D eigenvalue weighted by Gasteiger charge is -2.22. The van der Waals surface area contributed by atoms with Crippen molar-refractivity contribution in [2.24, 2.45) is 5.10 Å². The number of hydrogen-bond donors (Lipinski definition) is 0. The van der Waals surface area contributed by atoms with Gasteiger partial charge in [0, 0.05) is 21.8 Å². The lowest BCUT2D eigenvalue weighted by Crippen LogP contribution is -2.18. The van der Waals surface area contributed by atoms with Crippen LogP contribution in [0.15, 0.2) is 74.9 Å². The molecule has 0 aliphatic carbocycles. The van der Waals surface area contributed by atoms with E-state index < -0.39 is 0 Å². The van der Waals surface area contributed by atoms with Gasteiger partial charge in [-0.15, -0.1) is 22.7 Å². The third kappa shape index (κ3) is 4.05. The van der Waals surface area contributed by atoms with Crippen molar-refractivity contribution >= 4 is 49.4 Å². The van der Waals surface area contributed by atoms with Crippen molar-refractivity contribution in [3.8, 4) is 22.8 Å². The number of thiophene rings is 1. The largest absolute Gasteiger partial charge is 0.493 e. The van der Waals surface area contributed by atoms with Crippen LogP contribution in [0.25, 0.3) is 11.3 Å². The Bertz CT molecular complexity index is 1250. The predicted molar refractivity (Wildman–Crippen MR) is 135 cm³/mol. The first-order valence-corrected chi connectivity index (χ1v) is 12.6. The Morgan fingerprint density at radius 2 is 1.81 bits per heavy atom. The van der Waals surface area contributed by atoms with E-state index in [1.165, 1.54) is 4.88 Å². The second kappa shape index (κ2) is 9.05. The molecule has 0 saturated heterocycles. The summed E-state index contributed by atoms with van der Waals surface area (Å²) in [6.45, 7) is 0. The highest BCUT2D eigenvalue weighted by atomic mass is 79.9. The molecule has 1 aliphatic heterocycles. The molecule has 1 aliphatic rings. The maximum absolute atomic E-state index is 5.55. The fourth-order valence-corrected chi connectivity index (χ4v) is 5.54. The predicted octanol–water partition coefficient (Wildman–Crippen LogP) is 7.01. The summed E-state index contributed by atoms with van der Waals surface area (Å²) in [5.74, 6) is 1.43. The van der Waals surface area contributed by atoms with Crippen molar-refractivity contribution < 1.29 is 9.47 Å². The number of halogens is 1. The number of benzene rings is 2. The highest BCUT2D eigenvalue weighted by Crippen LogP contribution is 2.42. The normalized spacial score (nSPS) is 15.7. The molecule has 0 bridgehead atoms. The number of rotatable bonds is 6. The van der Waals surface area contributed by atoms with Gasteiger partial charge in [-0.1, -0.05) is 40.2 Å². The van der Waals surface area contributed by atoms with Crippen molar-refractivity contribution in [1.29, 1.82) is 0 Å². The van der Waals surface area contributed by atoms with Gasteiger partial charge in [-0.3, -0.25) is 0 Å². The molecule has 4 aromatic rings. The quantitative estimate of drug-likeness (QED) is 0.271. The summed E-state index contributed by atoms with van der Waals surface area (Å²) in [5.41, 5.74) is 4.21. The van der Waals surface area contributed by atoms with Crippen LogP contribution >= 0.6 is 38.6 Å². The Kier molecular flexibility index (Phi) is 5.99. The number of ether oxygens (including phenoxy) is 2. The van der Waals surface area contributed by atoms with Gasteiger partial charge in [0.1, 0.15) is 0 Å². The SMILES string of the molecule is COc1ccc(C2CC(c3cccs3)=NN2c2nc(-c3ccc(Br)cc3)cs2)cc1OC. The summed E-state index contributed by atoms with van der Waals surface area (Å²) < 4.78 is 12.0. The molecule has 0 radical (unpaired) electrons. The van der Waals surface area contributed by atoms with Gasteiger partial charge in [0.25, 0.3) is 0 Å². The molecule has 5 nitrogen and oxygen atoms in total. The van der Waals surface area contributed by atoms with Crippen molar-refractivity contribution in [1.82, 2.24) is 4.98 Å². The summed E-state index contributed by atoms with van der Waals surface area (Å²) in [6.07, 6.45) is 0.795. The first-order chi connectivity index (χ1) is 15.7. The van der Waals surface area contributed by atoms with Gasteiger partial charge in [-0.05, 0) is 41.3 Å². The summed E-state index contributed by atoms with van der Waals surface area (Å²) >= 11 is 6.81. The molecule has 5 rings (SSSR count). The Labute approximate surface area is 203 Å². The molecule has 0 fully saturated rings. The molecular formula is C24H20BrN3O2S2. The number of nitrogens with zero attached hydrogens (tertiary/aromatic N) is 3. The molecule has 2 aromatic heterocycles. The zero-order chi connectivity index (χ0) is 22.1. The van der Waals surface area contributed by atoms with Gasteiger partial charge in [-0.2, -0.15) is 5.10 Å². The van der Waals surface area contributed by atoms with Gasteiger partial charge in [-0.25, -0.2) is 9.99 Å². The molecule has 32 heavy (non-hydrogen) atoms. The van der Waals surface area contributed by atoms with Gasteiger partial charge < -0.3 is 9.47 Å². The number of aromatic nitrogens is 1. The van der Waals surface area contributed by atoms with Crippen LogP contribution in [0.1, 0.15) is 22.9 Å². The molecule has 1 atom stereocenters. The van der Waals surface area contributed by atoms with E-state index in [0.29, 0.717) is 11.5 Å². The molecule has 1 unspecified atom stereocenters. The minimum atomic E-state index is 0.0239. The molecule has 8 heteroatoms. The Balaban J connectivity index is 1.53. The number of hydrazone groups is 1. The van der Waals surface area contributed by atoms with Crippen LogP contribution in [-0.4, -0.2) is 24.9 Å². The van der Waals surface area contributed by atoms with Crippen LogP contribution in [-0.2, 0) is 0 Å². The average molecular weight is 526 g/mol. The second-order valence-electron chi connectivity index (χ2n) is 7.23. The van der Waals surface area contributed by atoms with Crippen molar-refractivity contribution in [2.45, 2.75) is 12.5 Å². The second-order valence-corrected chi connectivity index (χ2v) is 9.93. The van der Waals surface area contributed by atoms with Crippen molar-refractivity contribution in [3.63, 3.8) is 0 Å². The van der Waals surface area contributed by atoms with E-state index >= 15 is 0 Å². The third-order valence-electron chi connectivity index (χ3n) is 5.34. The topological polar surface area (TPSA) is 47.0 Å². The molecule has 0 saturated carbocycles. The summed E-state index contributed by atoms with van der Waals surface area (Å²) in [6, 6.07) is 18.5. The zero-order valence-electron chi connectivity index (χ0n) is 17.5. The fourth-order valence-electron chi connectivity index (χ4n) is 3.72. The maximum atomic E-state index is 5.55. The Morgan fingerprint density at radius 1 is 1.00 bits per heavy atom. The Hall–Kier alpha value is -2.68. The number of anilines is 1. The first-order valence-electron chi connectivity index (χ1n) is 10.00. The van der Waals surface area contributed by atoms with Gasteiger partial charge in [0.15, 0.2) is 11.5 Å². The average Bonchev–Trinajstić information content (AvgIpc) is 3.59. The molecule has 0 spiro atoms. The smallest absolute Gasteiger partial charge is 0.207 e. The lowest BCUT2D eigenvalue weighted by atomic mass is 10.0. The first kappa shape index (κ1) is 21.2. The van der Waals surface area contributed by atoms with E-state index in [0.717, 1.165) is 38.6 Å². The zero-order valence-corrected chi connectivity index (χ0v) is 20.7. The van der Waals surface area contributed by atoms with Crippen LogP contribution in [0.3, 0.4) is 0 Å². The van der Waals surface area contributed by atoms with E-state index in [1.807, 2.05) is 29.3 Å². The van der Waals surface area contributed by atoms with Crippen molar-refractivity contribution in [3.05, 3.63) is 80.3 Å². The molecule has 0 amide bonds. The molecular weight excluding hydrogens is 506 g/mol. The lowest BCUT2D eigenvalue weighted by molar-refractivity contribution is 0.354. The van der Waals surface area contributed by atoms with E-state index in [-0.39, 0.29) is 6.04 Å². The van der Waals surface area contributed by atoms with Crippen LogP contribution < -0.4 is 14.5 Å². The van der Waals surface area contributed by atoms with Gasteiger partial charge in [0.2, 0.25) is 5.13 Å². The molecule has 0 N–H and O–H groups in total. The highest BCUT2D eigenvalue weighted by molar-refractivity contribution is 9.10. The monoisotopic (exact) mass is 525 g/mol. The maximum Gasteiger partial charge on any atom is 0.207 e. The van der Waals surface area contributed by atoms with E-state index in [1.54, 1.807) is 36.9 Å². The molecule has 2 aromatic carbocycles.